The largest absolute Gasteiger partial charge is 0.456 e. The van der Waals surface area contributed by atoms with Crippen LogP contribution in [0, 0.1) is 0 Å². The van der Waals surface area contributed by atoms with Crippen molar-refractivity contribution in [2.45, 2.75) is 0 Å². The third-order valence-electron chi connectivity index (χ3n) is 7.94. The highest BCUT2D eigenvalue weighted by molar-refractivity contribution is 6.22. The van der Waals surface area contributed by atoms with Crippen molar-refractivity contribution in [2.24, 2.45) is 0 Å². The van der Waals surface area contributed by atoms with Crippen LogP contribution in [0.3, 0.4) is 0 Å². The maximum Gasteiger partial charge on any atom is 0.136 e. The molecular weight excluding hydrogens is 544 g/mol. The monoisotopic (exact) mass is 587 g/mol. The average molecular weight is 588 g/mol. The van der Waals surface area contributed by atoms with Crippen molar-refractivity contribution in [1.29, 1.82) is 0 Å². The summed E-state index contributed by atoms with van der Waals surface area (Å²) >= 11 is 0. The zero-order chi connectivity index (χ0) is 42.8. The molecule has 1 nitrogen and oxygen atoms in total. The molecule has 0 aliphatic heterocycles. The van der Waals surface area contributed by atoms with Gasteiger partial charge in [-0.25, -0.2) is 0 Å². The van der Waals surface area contributed by atoms with Crippen LogP contribution < -0.4 is 0 Å². The topological polar surface area (TPSA) is 13.1 Å². The van der Waals surface area contributed by atoms with Crippen LogP contribution in [0.5, 0.6) is 0 Å². The third-order valence-corrected chi connectivity index (χ3v) is 7.94. The fourth-order valence-electron chi connectivity index (χ4n) is 5.99. The minimum atomic E-state index is -0.705. The molecule has 8 aromatic carbocycles. The minimum absolute atomic E-state index is 0.0405. The van der Waals surface area contributed by atoms with E-state index in [0.717, 1.165) is 0 Å². The Morgan fingerprint density at radius 1 is 0.378 bits per heavy atom. The Morgan fingerprint density at radius 2 is 0.956 bits per heavy atom. The van der Waals surface area contributed by atoms with Gasteiger partial charge in [-0.1, -0.05) is 151 Å². The van der Waals surface area contributed by atoms with E-state index in [9.17, 15) is 6.85 Å². The van der Waals surface area contributed by atoms with E-state index in [1.54, 1.807) is 78.9 Å². The van der Waals surface area contributed by atoms with E-state index in [4.69, 9.17) is 18.1 Å². The van der Waals surface area contributed by atoms with Gasteiger partial charge in [0.2, 0.25) is 0 Å². The predicted octanol–water partition coefficient (Wildman–Crippen LogP) is 12.6. The lowest BCUT2D eigenvalue weighted by molar-refractivity contribution is 0.669. The molecule has 0 aliphatic carbocycles. The molecule has 0 saturated heterocycles. The Hall–Kier alpha value is -5.92. The fourth-order valence-corrected chi connectivity index (χ4v) is 5.99. The lowest BCUT2D eigenvalue weighted by atomic mass is 9.85. The van der Waals surface area contributed by atoms with Crippen LogP contribution in [0.25, 0.3) is 88.0 Å². The van der Waals surface area contributed by atoms with Crippen LogP contribution in [0.1, 0.15) is 20.6 Å². The summed E-state index contributed by atoms with van der Waals surface area (Å²) in [6, 6.07) is 14.8. The van der Waals surface area contributed by atoms with Crippen molar-refractivity contribution >= 4 is 43.5 Å². The molecule has 0 spiro atoms. The van der Waals surface area contributed by atoms with Crippen molar-refractivity contribution < 1.29 is 25.0 Å². The molecule has 1 aromatic heterocycles. The van der Waals surface area contributed by atoms with Gasteiger partial charge >= 0.3 is 0 Å². The van der Waals surface area contributed by atoms with Gasteiger partial charge in [0.05, 0.1) is 20.6 Å². The van der Waals surface area contributed by atoms with Gasteiger partial charge in [-0.15, -0.1) is 0 Å². The molecule has 1 heteroatoms. The van der Waals surface area contributed by atoms with Crippen LogP contribution in [-0.2, 0) is 0 Å². The second-order valence-corrected chi connectivity index (χ2v) is 10.5. The van der Waals surface area contributed by atoms with Crippen LogP contribution in [-0.4, -0.2) is 0 Å². The van der Waals surface area contributed by atoms with Crippen LogP contribution >= 0.6 is 0 Å². The molecule has 0 atom stereocenters. The van der Waals surface area contributed by atoms with Crippen LogP contribution in [0.15, 0.2) is 174 Å². The number of rotatable bonds is 4. The van der Waals surface area contributed by atoms with E-state index in [-0.39, 0.29) is 68.4 Å². The second kappa shape index (κ2) is 10.4. The van der Waals surface area contributed by atoms with Gasteiger partial charge in [0.25, 0.3) is 0 Å². The van der Waals surface area contributed by atoms with E-state index < -0.39 is 72.0 Å². The summed E-state index contributed by atoms with van der Waals surface area (Å²) < 4.78 is 140. The van der Waals surface area contributed by atoms with E-state index in [0.29, 0.717) is 38.2 Å². The summed E-state index contributed by atoms with van der Waals surface area (Å²) in [4.78, 5) is 0. The Morgan fingerprint density at radius 3 is 1.62 bits per heavy atom. The van der Waals surface area contributed by atoms with Gasteiger partial charge in [0, 0.05) is 10.8 Å². The van der Waals surface area contributed by atoms with Gasteiger partial charge in [-0.2, -0.15) is 0 Å². The minimum Gasteiger partial charge on any atom is -0.456 e. The summed E-state index contributed by atoms with van der Waals surface area (Å²) in [6.45, 7) is 0. The number of benzene rings is 8. The highest BCUT2D eigenvalue weighted by atomic mass is 16.3. The summed E-state index contributed by atoms with van der Waals surface area (Å²) in [6.07, 6.45) is 0. The van der Waals surface area contributed by atoms with Gasteiger partial charge in [-0.05, 0) is 84.2 Å². The van der Waals surface area contributed by atoms with Crippen molar-refractivity contribution in [1.82, 2.24) is 0 Å². The highest BCUT2D eigenvalue weighted by Gasteiger charge is 2.19. The van der Waals surface area contributed by atoms with E-state index in [1.165, 1.54) is 0 Å². The zero-order valence-electron chi connectivity index (χ0n) is 38.4. The zero-order valence-corrected chi connectivity index (χ0v) is 23.4. The molecule has 0 radical (unpaired) electrons. The predicted molar refractivity (Wildman–Crippen MR) is 190 cm³/mol. The SMILES string of the molecule is [2H]c1c([2H])c([2H])c(-c2c([2H])c([2H])c([2H])c3oc4c([2H])c([2H])c(-c5c6ccccc6c(-c6c([2H])c([2H])c(-c7ccccc7)c([2H])c6[2H])c6ccccc56)c([2H])c4c23)c([2H])c1[2H]. The summed E-state index contributed by atoms with van der Waals surface area (Å²) in [5, 5.41) is 1.43. The summed E-state index contributed by atoms with van der Waals surface area (Å²) in [7, 11) is 0. The van der Waals surface area contributed by atoms with Crippen molar-refractivity contribution in [2.75, 3.05) is 0 Å². The highest BCUT2D eigenvalue weighted by Crippen LogP contribution is 2.45. The van der Waals surface area contributed by atoms with Crippen molar-refractivity contribution in [3.05, 3.63) is 169 Å². The Bertz CT molecular complexity index is 3260. The quantitative estimate of drug-likeness (QED) is 0.187. The van der Waals surface area contributed by atoms with Gasteiger partial charge in [0.1, 0.15) is 11.2 Å². The smallest absolute Gasteiger partial charge is 0.136 e. The molecule has 0 fully saturated rings. The van der Waals surface area contributed by atoms with E-state index in [1.807, 2.05) is 0 Å². The molecule has 0 N–H and O–H groups in total. The Labute approximate surface area is 282 Å². The van der Waals surface area contributed by atoms with E-state index >= 15 is 0 Å². The number of fused-ring (bicyclic) bond motifs is 5. The second-order valence-electron chi connectivity index (χ2n) is 10.5. The normalized spacial score (nSPS) is 16.2. The molecule has 0 unspecified atom stereocenters. The molecule has 0 aliphatic rings. The fraction of sp³-hybridized carbons (Fsp3) is 0. The molecule has 210 valence electrons. The summed E-state index contributed by atoms with van der Waals surface area (Å²) in [5.74, 6) is 0. The van der Waals surface area contributed by atoms with E-state index in [2.05, 4.69) is 0 Å². The molecule has 0 amide bonds. The lowest BCUT2D eigenvalue weighted by Gasteiger charge is -2.18. The van der Waals surface area contributed by atoms with Gasteiger partial charge in [-0.3, -0.25) is 0 Å². The number of furan rings is 1. The molecule has 0 saturated carbocycles. The van der Waals surface area contributed by atoms with Gasteiger partial charge in [0.15, 0.2) is 0 Å². The Balaban J connectivity index is 1.45. The third kappa shape index (κ3) is 4.17. The maximum absolute atomic E-state index is 9.85. The number of hydrogen-bond acceptors (Lipinski definition) is 1. The lowest BCUT2D eigenvalue weighted by Crippen LogP contribution is -1.91. The standard InChI is InChI=1S/C44H28O/c1-3-12-29(13-4-1)30-22-24-32(25-23-30)42-35-16-7-9-18-37(35)43(38-19-10-8-17-36(38)42)33-26-27-40-39(28-33)44-34(20-11-21-41(44)45-40)31-14-5-2-6-15-31/h1-28H/i2D,5D,6D,11D,14D,15D,20D,21D,22D,23D,24D,25D,26D,27D,28D. The molecule has 1 heterocycles. The number of hydrogen-bond donors (Lipinski definition) is 0. The van der Waals surface area contributed by atoms with Crippen molar-refractivity contribution in [3.8, 4) is 44.5 Å². The van der Waals surface area contributed by atoms with Crippen LogP contribution in [0.4, 0.5) is 0 Å². The molecule has 9 aromatic rings. The molecule has 45 heavy (non-hydrogen) atoms. The first-order valence-electron chi connectivity index (χ1n) is 21.7. The van der Waals surface area contributed by atoms with Crippen molar-refractivity contribution in [3.63, 3.8) is 0 Å². The first kappa shape index (κ1) is 14.7. The Kier molecular flexibility index (Phi) is 3.39. The first-order valence-corrected chi connectivity index (χ1v) is 14.2. The van der Waals surface area contributed by atoms with Crippen LogP contribution in [0.2, 0.25) is 0 Å². The van der Waals surface area contributed by atoms with Gasteiger partial charge < -0.3 is 4.42 Å². The molecule has 0 bridgehead atoms. The first-order chi connectivity index (χ1) is 28.6. The maximum atomic E-state index is 9.85. The molecular formula is C44H28O. The average Bonchev–Trinajstić information content (AvgIpc) is 3.66. The molecule has 9 rings (SSSR count). The summed E-state index contributed by atoms with van der Waals surface area (Å²) in [5.41, 5.74) is -0.181.